The molecule has 3 heteroatoms. The van der Waals surface area contributed by atoms with Gasteiger partial charge in [-0.3, -0.25) is 0 Å². The predicted octanol–water partition coefficient (Wildman–Crippen LogP) is 2.46. The molecule has 1 radical (unpaired) electrons. The minimum absolute atomic E-state index is 0.00723. The van der Waals surface area contributed by atoms with E-state index < -0.39 is 0 Å². The van der Waals surface area contributed by atoms with Crippen LogP contribution in [0.4, 0.5) is 0 Å². The second kappa shape index (κ2) is 6.30. The summed E-state index contributed by atoms with van der Waals surface area (Å²) in [7, 11) is 3.24. The van der Waals surface area contributed by atoms with Crippen LogP contribution in [0.15, 0.2) is 18.2 Å². The molecule has 0 spiro atoms. The Morgan fingerprint density at radius 3 is 2.40 bits per heavy atom. The Bertz CT molecular complexity index is 297. The van der Waals surface area contributed by atoms with E-state index in [0.717, 1.165) is 30.8 Å². The highest BCUT2D eigenvalue weighted by Gasteiger charge is 2.03. The molecule has 1 aromatic rings. The van der Waals surface area contributed by atoms with Crippen molar-refractivity contribution in [1.29, 1.82) is 0 Å². The maximum Gasteiger partial charge on any atom is 0.160 e. The summed E-state index contributed by atoms with van der Waals surface area (Å²) in [5, 5.41) is 10.3. The number of hydrogen-bond acceptors (Lipinski definition) is 2. The number of ether oxygens (including phenoxy) is 2. The summed E-state index contributed by atoms with van der Waals surface area (Å²) in [6.45, 7) is 0.00723. The lowest BCUT2D eigenvalue weighted by atomic mass is 10.1. The zero-order chi connectivity index (χ0) is 11.1. The van der Waals surface area contributed by atoms with E-state index in [-0.39, 0.29) is 6.61 Å². The Morgan fingerprint density at radius 2 is 1.80 bits per heavy atom. The van der Waals surface area contributed by atoms with Crippen molar-refractivity contribution in [2.24, 2.45) is 0 Å². The first-order valence-corrected chi connectivity index (χ1v) is 5.11. The van der Waals surface area contributed by atoms with Crippen molar-refractivity contribution in [3.63, 3.8) is 0 Å². The van der Waals surface area contributed by atoms with Gasteiger partial charge in [-0.25, -0.2) is 5.11 Å². The lowest BCUT2D eigenvalue weighted by molar-refractivity contribution is 0.187. The van der Waals surface area contributed by atoms with Crippen LogP contribution in [0.25, 0.3) is 0 Å². The summed E-state index contributed by atoms with van der Waals surface area (Å²) in [4.78, 5) is 0. The van der Waals surface area contributed by atoms with Crippen molar-refractivity contribution in [3.05, 3.63) is 23.8 Å². The second-order valence-electron chi connectivity index (χ2n) is 3.35. The monoisotopic (exact) mass is 209 g/mol. The largest absolute Gasteiger partial charge is 0.493 e. The zero-order valence-electron chi connectivity index (χ0n) is 9.29. The standard InChI is InChI=1S/C12H17O3/c1-14-11-7-6-10(5-3-4-8-13)9-12(11)15-2/h6-7,9H,3-5,8H2,1-2H3. The van der Waals surface area contributed by atoms with Gasteiger partial charge >= 0.3 is 0 Å². The third-order valence-corrected chi connectivity index (χ3v) is 2.31. The number of unbranched alkanes of at least 4 members (excludes halogenated alkanes) is 1. The number of aryl methyl sites for hydroxylation is 1. The summed E-state index contributed by atoms with van der Waals surface area (Å²) in [6, 6.07) is 5.86. The predicted molar refractivity (Wildman–Crippen MR) is 58.0 cm³/mol. The average Bonchev–Trinajstić information content (AvgIpc) is 2.29. The molecule has 0 aliphatic heterocycles. The van der Waals surface area contributed by atoms with Crippen molar-refractivity contribution in [3.8, 4) is 11.5 Å². The fraction of sp³-hybridized carbons (Fsp3) is 0.500. The van der Waals surface area contributed by atoms with Crippen LogP contribution in [0.3, 0.4) is 0 Å². The second-order valence-corrected chi connectivity index (χ2v) is 3.35. The summed E-state index contributed by atoms with van der Waals surface area (Å²) in [6.07, 6.45) is 2.58. The number of methoxy groups -OCH3 is 2. The fourth-order valence-electron chi connectivity index (χ4n) is 1.47. The third kappa shape index (κ3) is 3.44. The molecular weight excluding hydrogens is 192 g/mol. The highest BCUT2D eigenvalue weighted by atomic mass is 16.5. The highest BCUT2D eigenvalue weighted by Crippen LogP contribution is 2.27. The minimum Gasteiger partial charge on any atom is -0.493 e. The van der Waals surface area contributed by atoms with Crippen LogP contribution in [0.1, 0.15) is 18.4 Å². The van der Waals surface area contributed by atoms with E-state index in [4.69, 9.17) is 9.47 Å². The van der Waals surface area contributed by atoms with E-state index in [0.29, 0.717) is 0 Å². The molecule has 0 N–H and O–H groups in total. The Balaban J connectivity index is 2.66. The Morgan fingerprint density at radius 1 is 1.07 bits per heavy atom. The van der Waals surface area contributed by atoms with E-state index in [1.807, 2.05) is 18.2 Å². The molecule has 0 heterocycles. The SMILES string of the molecule is COc1ccc(CCCC[O])cc1OC. The summed E-state index contributed by atoms with van der Waals surface area (Å²) < 4.78 is 10.3. The molecule has 0 saturated heterocycles. The van der Waals surface area contributed by atoms with Gasteiger partial charge in [-0.05, 0) is 37.0 Å². The molecule has 1 aromatic carbocycles. The van der Waals surface area contributed by atoms with E-state index in [1.54, 1.807) is 14.2 Å². The molecule has 0 aliphatic carbocycles. The van der Waals surface area contributed by atoms with E-state index >= 15 is 0 Å². The molecule has 83 valence electrons. The Kier molecular flexibility index (Phi) is 4.98. The molecule has 3 nitrogen and oxygen atoms in total. The lowest BCUT2D eigenvalue weighted by Crippen LogP contribution is -1.93. The fourth-order valence-corrected chi connectivity index (χ4v) is 1.47. The van der Waals surface area contributed by atoms with Gasteiger partial charge in [0, 0.05) is 0 Å². The molecular formula is C12H17O3. The molecule has 0 aromatic heterocycles. The molecule has 0 amide bonds. The first-order valence-electron chi connectivity index (χ1n) is 5.11. The van der Waals surface area contributed by atoms with E-state index in [9.17, 15) is 5.11 Å². The maximum atomic E-state index is 10.3. The van der Waals surface area contributed by atoms with Crippen molar-refractivity contribution in [2.45, 2.75) is 19.3 Å². The van der Waals surface area contributed by atoms with Crippen molar-refractivity contribution < 1.29 is 14.6 Å². The molecule has 0 aliphatic rings. The topological polar surface area (TPSA) is 38.4 Å². The molecule has 0 atom stereocenters. The van der Waals surface area contributed by atoms with Gasteiger partial charge < -0.3 is 9.47 Å². The van der Waals surface area contributed by atoms with Gasteiger partial charge in [0.25, 0.3) is 0 Å². The van der Waals surface area contributed by atoms with Crippen molar-refractivity contribution >= 4 is 0 Å². The smallest absolute Gasteiger partial charge is 0.160 e. The number of hydrogen-bond donors (Lipinski definition) is 0. The van der Waals surface area contributed by atoms with Gasteiger partial charge in [0.05, 0.1) is 20.8 Å². The van der Waals surface area contributed by atoms with Gasteiger partial charge in [-0.2, -0.15) is 0 Å². The summed E-state index contributed by atoms with van der Waals surface area (Å²) in [5.74, 6) is 1.49. The van der Waals surface area contributed by atoms with Crippen LogP contribution in [0, 0.1) is 0 Å². The number of rotatable bonds is 6. The van der Waals surface area contributed by atoms with Crippen LogP contribution < -0.4 is 9.47 Å². The van der Waals surface area contributed by atoms with Gasteiger partial charge in [0.15, 0.2) is 11.5 Å². The molecule has 15 heavy (non-hydrogen) atoms. The molecule has 0 bridgehead atoms. The first kappa shape index (κ1) is 11.9. The van der Waals surface area contributed by atoms with Crippen molar-refractivity contribution in [2.75, 3.05) is 20.8 Å². The van der Waals surface area contributed by atoms with Crippen LogP contribution in [-0.4, -0.2) is 20.8 Å². The van der Waals surface area contributed by atoms with Crippen LogP contribution in [0.2, 0.25) is 0 Å². The van der Waals surface area contributed by atoms with E-state index in [2.05, 4.69) is 0 Å². The molecule has 0 saturated carbocycles. The maximum absolute atomic E-state index is 10.3. The molecule has 0 unspecified atom stereocenters. The molecule has 1 rings (SSSR count). The summed E-state index contributed by atoms with van der Waals surface area (Å²) >= 11 is 0. The van der Waals surface area contributed by atoms with Crippen LogP contribution in [-0.2, 0) is 11.5 Å². The highest BCUT2D eigenvalue weighted by molar-refractivity contribution is 5.42. The summed E-state index contributed by atoms with van der Waals surface area (Å²) in [5.41, 5.74) is 1.18. The van der Waals surface area contributed by atoms with Gasteiger partial charge in [0.2, 0.25) is 0 Å². The van der Waals surface area contributed by atoms with E-state index in [1.165, 1.54) is 5.56 Å². The normalized spacial score (nSPS) is 10.1. The van der Waals surface area contributed by atoms with Gasteiger partial charge in [-0.1, -0.05) is 6.07 Å². The quantitative estimate of drug-likeness (QED) is 0.675. The van der Waals surface area contributed by atoms with Crippen molar-refractivity contribution in [1.82, 2.24) is 0 Å². The molecule has 0 fully saturated rings. The third-order valence-electron chi connectivity index (χ3n) is 2.31. The van der Waals surface area contributed by atoms with Crippen LogP contribution >= 0.6 is 0 Å². The van der Waals surface area contributed by atoms with Crippen LogP contribution in [0.5, 0.6) is 11.5 Å². The average molecular weight is 209 g/mol. The Hall–Kier alpha value is -1.22. The Labute approximate surface area is 90.6 Å². The first-order chi connectivity index (χ1) is 7.31. The number of benzene rings is 1. The van der Waals surface area contributed by atoms with Gasteiger partial charge in [0.1, 0.15) is 0 Å². The van der Waals surface area contributed by atoms with Gasteiger partial charge in [-0.15, -0.1) is 0 Å². The zero-order valence-corrected chi connectivity index (χ0v) is 9.29. The lowest BCUT2D eigenvalue weighted by Gasteiger charge is -2.09. The minimum atomic E-state index is 0.00723.